The molecule has 0 saturated carbocycles. The smallest absolute Gasteiger partial charge is 0.0774 e. The van der Waals surface area contributed by atoms with Gasteiger partial charge in [0.25, 0.3) is 0 Å². The molecule has 0 spiro atoms. The summed E-state index contributed by atoms with van der Waals surface area (Å²) in [6.07, 6.45) is 1.92. The van der Waals surface area contributed by atoms with Crippen molar-refractivity contribution in [3.8, 4) is 11.3 Å². The average molecular weight is 538 g/mol. The van der Waals surface area contributed by atoms with E-state index in [1.54, 1.807) is 0 Å². The van der Waals surface area contributed by atoms with Crippen LogP contribution < -0.4 is 10.6 Å². The maximum absolute atomic E-state index is 5.15. The van der Waals surface area contributed by atoms with E-state index in [9.17, 15) is 0 Å². The largest absolute Gasteiger partial charge is 0.379 e. The SMILES string of the molecule is C=Cc1cccc(C(C)C)c1NCc1cccc(-c2ccccc2C(Nc2cc(C)ccc2C)c2ccccc2)n1. The second kappa shape index (κ2) is 12.7. The molecule has 0 aliphatic rings. The number of hydrogen-bond acceptors (Lipinski definition) is 3. The van der Waals surface area contributed by atoms with E-state index < -0.39 is 0 Å². The molecule has 1 heterocycles. The zero-order chi connectivity index (χ0) is 28.8. The number of para-hydroxylation sites is 1. The van der Waals surface area contributed by atoms with Gasteiger partial charge in [0.1, 0.15) is 0 Å². The molecule has 1 unspecified atom stereocenters. The highest BCUT2D eigenvalue weighted by atomic mass is 14.9. The van der Waals surface area contributed by atoms with E-state index in [2.05, 4.69) is 154 Å². The second-order valence-electron chi connectivity index (χ2n) is 10.9. The summed E-state index contributed by atoms with van der Waals surface area (Å²) in [5.41, 5.74) is 12.6. The van der Waals surface area contributed by atoms with E-state index >= 15 is 0 Å². The van der Waals surface area contributed by atoms with Gasteiger partial charge in [0.2, 0.25) is 0 Å². The Morgan fingerprint density at radius 2 is 1.51 bits per heavy atom. The predicted molar refractivity (Wildman–Crippen MR) is 175 cm³/mol. The highest BCUT2D eigenvalue weighted by molar-refractivity contribution is 5.71. The van der Waals surface area contributed by atoms with Crippen molar-refractivity contribution in [1.82, 2.24) is 4.98 Å². The lowest BCUT2D eigenvalue weighted by Gasteiger charge is -2.25. The van der Waals surface area contributed by atoms with E-state index in [4.69, 9.17) is 4.98 Å². The van der Waals surface area contributed by atoms with Gasteiger partial charge in [-0.3, -0.25) is 4.98 Å². The Morgan fingerprint density at radius 1 is 0.780 bits per heavy atom. The Bertz CT molecular complexity index is 1640. The molecule has 0 saturated heterocycles. The van der Waals surface area contributed by atoms with Crippen LogP contribution in [0.25, 0.3) is 17.3 Å². The molecule has 0 radical (unpaired) electrons. The van der Waals surface area contributed by atoms with Gasteiger partial charge in [-0.05, 0) is 71.3 Å². The second-order valence-corrected chi connectivity index (χ2v) is 10.9. The maximum atomic E-state index is 5.15. The first-order valence-corrected chi connectivity index (χ1v) is 14.4. The van der Waals surface area contributed by atoms with Gasteiger partial charge in [0.05, 0.1) is 24.0 Å². The van der Waals surface area contributed by atoms with Crippen molar-refractivity contribution < 1.29 is 0 Å². The van der Waals surface area contributed by atoms with Crippen LogP contribution in [-0.4, -0.2) is 4.98 Å². The van der Waals surface area contributed by atoms with Crippen molar-refractivity contribution in [3.05, 3.63) is 155 Å². The number of anilines is 2. The van der Waals surface area contributed by atoms with E-state index in [0.717, 1.165) is 33.9 Å². The van der Waals surface area contributed by atoms with Gasteiger partial charge in [-0.1, -0.05) is 117 Å². The lowest BCUT2D eigenvalue weighted by Crippen LogP contribution is -2.14. The number of benzene rings is 4. The molecular formula is C38H39N3. The van der Waals surface area contributed by atoms with Crippen LogP contribution >= 0.6 is 0 Å². The Morgan fingerprint density at radius 3 is 2.29 bits per heavy atom. The van der Waals surface area contributed by atoms with Crippen LogP contribution in [0, 0.1) is 13.8 Å². The summed E-state index contributed by atoms with van der Waals surface area (Å²) >= 11 is 0. The highest BCUT2D eigenvalue weighted by Crippen LogP contribution is 2.35. The normalized spacial score (nSPS) is 11.7. The van der Waals surface area contributed by atoms with Crippen molar-refractivity contribution in [1.29, 1.82) is 0 Å². The van der Waals surface area contributed by atoms with Crippen LogP contribution in [0.2, 0.25) is 0 Å². The van der Waals surface area contributed by atoms with Gasteiger partial charge < -0.3 is 10.6 Å². The Hall–Kier alpha value is -4.63. The fraction of sp³-hybridized carbons (Fsp3) is 0.184. The molecule has 0 fully saturated rings. The summed E-state index contributed by atoms with van der Waals surface area (Å²) in [5.74, 6) is 0.406. The van der Waals surface area contributed by atoms with Gasteiger partial charge in [0.15, 0.2) is 0 Å². The molecule has 41 heavy (non-hydrogen) atoms. The van der Waals surface area contributed by atoms with Gasteiger partial charge in [0, 0.05) is 16.9 Å². The molecular weight excluding hydrogens is 498 g/mol. The summed E-state index contributed by atoms with van der Waals surface area (Å²) in [7, 11) is 0. The fourth-order valence-corrected chi connectivity index (χ4v) is 5.37. The standard InChI is InChI=1S/C38H39N3/c1-6-29-16-12-20-32(26(2)3)37(29)39-25-31-17-13-21-35(40-31)33-18-10-11-19-34(33)38(30-14-8-7-9-15-30)41-36-24-27(4)22-23-28(36)5/h6-24,26,38-39,41H,1,25H2,2-5H3. The molecule has 0 aliphatic heterocycles. The Labute approximate surface area is 245 Å². The molecule has 1 atom stereocenters. The number of rotatable bonds is 10. The van der Waals surface area contributed by atoms with Crippen LogP contribution in [0.5, 0.6) is 0 Å². The third-order valence-electron chi connectivity index (χ3n) is 7.60. The number of nitrogens with zero attached hydrogens (tertiary/aromatic N) is 1. The van der Waals surface area contributed by atoms with E-state index in [1.807, 2.05) is 6.08 Å². The van der Waals surface area contributed by atoms with Crippen molar-refractivity contribution in [2.75, 3.05) is 10.6 Å². The molecule has 5 aromatic rings. The van der Waals surface area contributed by atoms with Gasteiger partial charge in [-0.15, -0.1) is 0 Å². The molecule has 5 rings (SSSR count). The van der Waals surface area contributed by atoms with Crippen molar-refractivity contribution in [2.45, 2.75) is 46.2 Å². The zero-order valence-corrected chi connectivity index (χ0v) is 24.5. The highest BCUT2D eigenvalue weighted by Gasteiger charge is 2.20. The molecule has 4 aromatic carbocycles. The Balaban J connectivity index is 1.51. The maximum Gasteiger partial charge on any atom is 0.0774 e. The van der Waals surface area contributed by atoms with Gasteiger partial charge in [-0.25, -0.2) is 0 Å². The lowest BCUT2D eigenvalue weighted by atomic mass is 9.92. The number of hydrogen-bond donors (Lipinski definition) is 2. The van der Waals surface area contributed by atoms with Crippen molar-refractivity contribution >= 4 is 17.5 Å². The third-order valence-corrected chi connectivity index (χ3v) is 7.60. The summed E-state index contributed by atoms with van der Waals surface area (Å²) in [4.78, 5) is 5.15. The quantitative estimate of drug-likeness (QED) is 0.186. The van der Waals surface area contributed by atoms with Crippen molar-refractivity contribution in [2.24, 2.45) is 0 Å². The summed E-state index contributed by atoms with van der Waals surface area (Å²) in [6, 6.07) is 38.5. The third kappa shape index (κ3) is 6.41. The minimum Gasteiger partial charge on any atom is -0.379 e. The molecule has 206 valence electrons. The molecule has 2 N–H and O–H groups in total. The number of aryl methyl sites for hydroxylation is 2. The summed E-state index contributed by atoms with van der Waals surface area (Å²) < 4.78 is 0. The molecule has 0 aliphatic carbocycles. The number of nitrogens with one attached hydrogen (secondary N) is 2. The average Bonchev–Trinajstić information content (AvgIpc) is 3.00. The monoisotopic (exact) mass is 537 g/mol. The van der Waals surface area contributed by atoms with Gasteiger partial charge in [-0.2, -0.15) is 0 Å². The molecule has 3 nitrogen and oxygen atoms in total. The van der Waals surface area contributed by atoms with Crippen LogP contribution in [0.4, 0.5) is 11.4 Å². The molecule has 1 aromatic heterocycles. The van der Waals surface area contributed by atoms with Crippen LogP contribution in [0.3, 0.4) is 0 Å². The van der Waals surface area contributed by atoms with Crippen LogP contribution in [-0.2, 0) is 6.54 Å². The first-order valence-electron chi connectivity index (χ1n) is 14.4. The van der Waals surface area contributed by atoms with Crippen LogP contribution in [0.15, 0.2) is 116 Å². The zero-order valence-electron chi connectivity index (χ0n) is 24.5. The first-order chi connectivity index (χ1) is 19.9. The first kappa shape index (κ1) is 27.9. The van der Waals surface area contributed by atoms with Gasteiger partial charge >= 0.3 is 0 Å². The van der Waals surface area contributed by atoms with E-state index in [-0.39, 0.29) is 6.04 Å². The summed E-state index contributed by atoms with van der Waals surface area (Å²) in [5, 5.41) is 7.54. The number of aromatic nitrogens is 1. The van der Waals surface area contributed by atoms with Crippen molar-refractivity contribution in [3.63, 3.8) is 0 Å². The Kier molecular flexibility index (Phi) is 8.64. The predicted octanol–water partition coefficient (Wildman–Crippen LogP) is 9.95. The van der Waals surface area contributed by atoms with Crippen LogP contribution in [0.1, 0.15) is 64.9 Å². The summed E-state index contributed by atoms with van der Waals surface area (Å²) in [6.45, 7) is 13.4. The lowest BCUT2D eigenvalue weighted by molar-refractivity contribution is 0.864. The topological polar surface area (TPSA) is 37.0 Å². The molecule has 0 bridgehead atoms. The molecule has 3 heteroatoms. The minimum absolute atomic E-state index is 0.0375. The van der Waals surface area contributed by atoms with E-state index in [0.29, 0.717) is 12.5 Å². The molecule has 0 amide bonds. The number of pyridine rings is 1. The van der Waals surface area contributed by atoms with E-state index in [1.165, 1.54) is 27.8 Å². The minimum atomic E-state index is -0.0375. The fourth-order valence-electron chi connectivity index (χ4n) is 5.37.